The summed E-state index contributed by atoms with van der Waals surface area (Å²) >= 11 is 1.97. The number of fused-ring (bicyclic) bond motifs is 1. The first kappa shape index (κ1) is 13.7. The van der Waals surface area contributed by atoms with E-state index in [9.17, 15) is 4.79 Å². The maximum atomic E-state index is 11.3. The van der Waals surface area contributed by atoms with Crippen LogP contribution in [-0.4, -0.2) is 22.5 Å². The summed E-state index contributed by atoms with van der Waals surface area (Å²) in [6.45, 7) is 4.43. The lowest BCUT2D eigenvalue weighted by Gasteiger charge is -2.28. The van der Waals surface area contributed by atoms with Crippen LogP contribution in [0.1, 0.15) is 44.0 Å². The van der Waals surface area contributed by atoms with E-state index in [2.05, 4.69) is 24.1 Å². The number of H-pyrrole nitrogens is 1. The van der Waals surface area contributed by atoms with Crippen molar-refractivity contribution >= 4 is 11.8 Å². The van der Waals surface area contributed by atoms with E-state index in [-0.39, 0.29) is 5.56 Å². The number of thioether (sulfide) groups is 1. The lowest BCUT2D eigenvalue weighted by molar-refractivity contribution is 0.422. The molecule has 1 heterocycles. The van der Waals surface area contributed by atoms with Gasteiger partial charge < -0.3 is 10.3 Å². The van der Waals surface area contributed by atoms with Gasteiger partial charge in [-0.15, -0.1) is 0 Å². The van der Waals surface area contributed by atoms with Gasteiger partial charge in [-0.3, -0.25) is 4.79 Å². The highest BCUT2D eigenvalue weighted by Crippen LogP contribution is 2.28. The smallest absolute Gasteiger partial charge is 0.248 e. The Morgan fingerprint density at radius 3 is 3.17 bits per heavy atom. The van der Waals surface area contributed by atoms with Gasteiger partial charge in [0.1, 0.15) is 0 Å². The van der Waals surface area contributed by atoms with Crippen molar-refractivity contribution in [1.82, 2.24) is 10.3 Å². The SMILES string of the molecule is CCSCC(C)NC1CCCc2[nH]c(=O)ccc21. The van der Waals surface area contributed by atoms with Crippen LogP contribution in [0.4, 0.5) is 0 Å². The summed E-state index contributed by atoms with van der Waals surface area (Å²) in [7, 11) is 0. The third-order valence-corrected chi connectivity index (χ3v) is 4.53. The van der Waals surface area contributed by atoms with Gasteiger partial charge in [0.25, 0.3) is 0 Å². The van der Waals surface area contributed by atoms with Crippen molar-refractivity contribution in [1.29, 1.82) is 0 Å². The fourth-order valence-corrected chi connectivity index (χ4v) is 3.25. The van der Waals surface area contributed by atoms with Gasteiger partial charge in [-0.1, -0.05) is 13.0 Å². The predicted molar refractivity (Wildman–Crippen MR) is 78.3 cm³/mol. The van der Waals surface area contributed by atoms with Crippen molar-refractivity contribution < 1.29 is 0 Å². The molecule has 0 spiro atoms. The maximum absolute atomic E-state index is 11.3. The van der Waals surface area contributed by atoms with E-state index in [1.807, 2.05) is 17.8 Å². The number of aromatic amines is 1. The number of rotatable bonds is 5. The molecule has 0 aromatic carbocycles. The molecule has 0 aliphatic heterocycles. The molecule has 0 radical (unpaired) electrons. The van der Waals surface area contributed by atoms with E-state index in [4.69, 9.17) is 0 Å². The number of hydrogen-bond donors (Lipinski definition) is 2. The Hall–Kier alpha value is -0.740. The number of nitrogens with one attached hydrogen (secondary N) is 2. The summed E-state index contributed by atoms with van der Waals surface area (Å²) < 4.78 is 0. The zero-order valence-electron chi connectivity index (χ0n) is 11.2. The summed E-state index contributed by atoms with van der Waals surface area (Å²) in [6.07, 6.45) is 3.32. The predicted octanol–water partition coefficient (Wildman–Crippen LogP) is 2.48. The molecule has 3 nitrogen and oxygen atoms in total. The molecule has 100 valence electrons. The van der Waals surface area contributed by atoms with E-state index in [0.29, 0.717) is 12.1 Å². The third kappa shape index (κ3) is 3.39. The minimum Gasteiger partial charge on any atom is -0.326 e. The van der Waals surface area contributed by atoms with Crippen LogP contribution in [0.15, 0.2) is 16.9 Å². The second kappa shape index (κ2) is 6.43. The standard InChI is InChI=1S/C14H22N2OS/c1-3-18-9-10(2)15-12-5-4-6-13-11(12)7-8-14(17)16-13/h7-8,10,12,15H,3-6,9H2,1-2H3,(H,16,17). The first-order valence-electron chi connectivity index (χ1n) is 6.76. The molecule has 1 aromatic heterocycles. The average Bonchev–Trinajstić information content (AvgIpc) is 2.36. The number of pyridine rings is 1. The van der Waals surface area contributed by atoms with Crippen molar-refractivity contribution in [2.45, 2.75) is 45.2 Å². The van der Waals surface area contributed by atoms with Crippen LogP contribution in [0.3, 0.4) is 0 Å². The molecular formula is C14H22N2OS. The van der Waals surface area contributed by atoms with Gasteiger partial charge in [0.15, 0.2) is 0 Å². The van der Waals surface area contributed by atoms with E-state index in [0.717, 1.165) is 24.3 Å². The Labute approximate surface area is 113 Å². The van der Waals surface area contributed by atoms with Gasteiger partial charge in [-0.05, 0) is 37.5 Å². The molecule has 4 heteroatoms. The Kier molecular flexibility index (Phi) is 4.89. The van der Waals surface area contributed by atoms with Crippen molar-refractivity contribution in [2.75, 3.05) is 11.5 Å². The molecule has 0 amide bonds. The molecule has 1 aliphatic rings. The van der Waals surface area contributed by atoms with Gasteiger partial charge >= 0.3 is 0 Å². The third-order valence-electron chi connectivity index (χ3n) is 3.39. The highest BCUT2D eigenvalue weighted by atomic mass is 32.2. The molecule has 2 atom stereocenters. The van der Waals surface area contributed by atoms with Crippen LogP contribution in [0.25, 0.3) is 0 Å². The monoisotopic (exact) mass is 266 g/mol. The highest BCUT2D eigenvalue weighted by Gasteiger charge is 2.21. The quantitative estimate of drug-likeness (QED) is 0.860. The van der Waals surface area contributed by atoms with E-state index in [1.54, 1.807) is 6.07 Å². The van der Waals surface area contributed by atoms with Gasteiger partial charge in [-0.25, -0.2) is 0 Å². The van der Waals surface area contributed by atoms with Crippen LogP contribution in [0.2, 0.25) is 0 Å². The molecule has 0 bridgehead atoms. The van der Waals surface area contributed by atoms with Crippen LogP contribution < -0.4 is 10.9 Å². The molecule has 2 rings (SSSR count). The zero-order valence-corrected chi connectivity index (χ0v) is 12.0. The van der Waals surface area contributed by atoms with E-state index in [1.165, 1.54) is 17.7 Å². The molecule has 0 saturated heterocycles. The molecule has 0 saturated carbocycles. The summed E-state index contributed by atoms with van der Waals surface area (Å²) in [5.41, 5.74) is 2.43. The average molecular weight is 266 g/mol. The molecule has 0 fully saturated rings. The number of hydrogen-bond acceptors (Lipinski definition) is 3. The summed E-state index contributed by atoms with van der Waals surface area (Å²) in [4.78, 5) is 14.3. The van der Waals surface area contributed by atoms with Crippen molar-refractivity contribution in [3.05, 3.63) is 33.7 Å². The second-order valence-electron chi connectivity index (χ2n) is 4.93. The van der Waals surface area contributed by atoms with Gasteiger partial charge in [0.05, 0.1) is 0 Å². The summed E-state index contributed by atoms with van der Waals surface area (Å²) in [5.74, 6) is 2.31. The van der Waals surface area contributed by atoms with E-state index < -0.39 is 0 Å². The van der Waals surface area contributed by atoms with Crippen molar-refractivity contribution in [3.8, 4) is 0 Å². The van der Waals surface area contributed by atoms with Crippen LogP contribution in [-0.2, 0) is 6.42 Å². The Morgan fingerprint density at radius 1 is 1.56 bits per heavy atom. The van der Waals surface area contributed by atoms with Crippen molar-refractivity contribution in [2.24, 2.45) is 0 Å². The second-order valence-corrected chi connectivity index (χ2v) is 6.25. The molecular weight excluding hydrogens is 244 g/mol. The first-order chi connectivity index (χ1) is 8.70. The lowest BCUT2D eigenvalue weighted by atomic mass is 9.91. The summed E-state index contributed by atoms with van der Waals surface area (Å²) in [6, 6.07) is 4.55. The highest BCUT2D eigenvalue weighted by molar-refractivity contribution is 7.99. The summed E-state index contributed by atoms with van der Waals surface area (Å²) in [5, 5.41) is 3.69. The Morgan fingerprint density at radius 2 is 2.39 bits per heavy atom. The van der Waals surface area contributed by atoms with Crippen molar-refractivity contribution in [3.63, 3.8) is 0 Å². The largest absolute Gasteiger partial charge is 0.326 e. The molecule has 1 aromatic rings. The zero-order chi connectivity index (χ0) is 13.0. The Balaban J connectivity index is 2.05. The number of aromatic nitrogens is 1. The maximum Gasteiger partial charge on any atom is 0.248 e. The molecule has 2 N–H and O–H groups in total. The van der Waals surface area contributed by atoms with Gasteiger partial charge in [0.2, 0.25) is 5.56 Å². The topological polar surface area (TPSA) is 44.9 Å². The minimum absolute atomic E-state index is 0.0176. The van der Waals surface area contributed by atoms with Gasteiger partial charge in [0, 0.05) is 29.6 Å². The van der Waals surface area contributed by atoms with E-state index >= 15 is 0 Å². The fraction of sp³-hybridized carbons (Fsp3) is 0.643. The molecule has 18 heavy (non-hydrogen) atoms. The van der Waals surface area contributed by atoms with Crippen LogP contribution in [0, 0.1) is 0 Å². The molecule has 2 unspecified atom stereocenters. The number of aryl methyl sites for hydroxylation is 1. The van der Waals surface area contributed by atoms with Crippen LogP contribution >= 0.6 is 11.8 Å². The molecule has 1 aliphatic carbocycles. The minimum atomic E-state index is 0.0176. The van der Waals surface area contributed by atoms with Gasteiger partial charge in [-0.2, -0.15) is 11.8 Å². The fourth-order valence-electron chi connectivity index (χ4n) is 2.56. The normalized spacial score (nSPS) is 20.4. The van der Waals surface area contributed by atoms with Crippen LogP contribution in [0.5, 0.6) is 0 Å². The first-order valence-corrected chi connectivity index (χ1v) is 7.92. The lowest BCUT2D eigenvalue weighted by Crippen LogP contribution is -2.35. The Bertz CT molecular complexity index is 444.